The number of carbonyl (C=O) groups excluding carboxylic acids is 1. The molecule has 0 fully saturated rings. The van der Waals surface area contributed by atoms with Crippen molar-refractivity contribution in [3.8, 4) is 0 Å². The Morgan fingerprint density at radius 1 is 1.13 bits per heavy atom. The Bertz CT molecular complexity index is 382. The van der Waals surface area contributed by atoms with Gasteiger partial charge in [0, 0.05) is 13.1 Å². The number of hydrogen-bond donors (Lipinski definition) is 2. The molecule has 0 saturated heterocycles. The summed E-state index contributed by atoms with van der Waals surface area (Å²) in [6.07, 6.45) is 0. The van der Waals surface area contributed by atoms with Crippen LogP contribution in [0.15, 0.2) is 6.07 Å². The number of amides is 2. The van der Waals surface area contributed by atoms with E-state index in [0.717, 1.165) is 0 Å². The van der Waals surface area contributed by atoms with Crippen LogP contribution in [-0.4, -0.2) is 13.1 Å². The largest absolute Gasteiger partial charge is 0.341 e. The van der Waals surface area contributed by atoms with Crippen LogP contribution in [0.1, 0.15) is 0 Å². The minimum absolute atomic E-state index is 0.0553. The Morgan fingerprint density at radius 3 is 2.00 bits per heavy atom. The van der Waals surface area contributed by atoms with Crippen molar-refractivity contribution in [1.29, 1.82) is 0 Å². The number of hydrogen-bond acceptors (Lipinski definition) is 1. The molecule has 1 rings (SSSR count). The van der Waals surface area contributed by atoms with Crippen molar-refractivity contribution in [3.05, 3.63) is 29.3 Å². The molecule has 0 aliphatic rings. The Morgan fingerprint density at radius 2 is 1.60 bits per heavy atom. The Hall–Kier alpha value is -1.79. The maximum atomic E-state index is 12.9. The summed E-state index contributed by atoms with van der Waals surface area (Å²) in [5.41, 5.74) is -1.16. The van der Waals surface area contributed by atoms with Gasteiger partial charge >= 0.3 is 6.03 Å². The van der Waals surface area contributed by atoms with E-state index in [9.17, 15) is 22.4 Å². The number of benzene rings is 1. The second kappa shape index (κ2) is 4.16. The van der Waals surface area contributed by atoms with Crippen LogP contribution in [0.5, 0.6) is 0 Å². The van der Waals surface area contributed by atoms with E-state index in [2.05, 4.69) is 0 Å². The van der Waals surface area contributed by atoms with E-state index in [4.69, 9.17) is 0 Å². The van der Waals surface area contributed by atoms with Gasteiger partial charge in [0.15, 0.2) is 23.3 Å². The van der Waals surface area contributed by atoms with Crippen LogP contribution in [-0.2, 0) is 0 Å². The molecule has 0 bridgehead atoms. The molecule has 0 atom stereocenters. The van der Waals surface area contributed by atoms with Gasteiger partial charge in [-0.15, -0.1) is 0 Å². The van der Waals surface area contributed by atoms with E-state index in [0.29, 0.717) is 0 Å². The zero-order chi connectivity index (χ0) is 11.6. The third kappa shape index (κ3) is 2.17. The summed E-state index contributed by atoms with van der Waals surface area (Å²) in [6.45, 7) is 0. The van der Waals surface area contributed by atoms with E-state index in [1.54, 1.807) is 5.32 Å². The van der Waals surface area contributed by atoms with Gasteiger partial charge in [0.25, 0.3) is 0 Å². The van der Waals surface area contributed by atoms with Crippen molar-refractivity contribution in [1.82, 2.24) is 5.32 Å². The second-order valence-corrected chi connectivity index (χ2v) is 2.55. The lowest BCUT2D eigenvalue weighted by Crippen LogP contribution is -2.26. The van der Waals surface area contributed by atoms with E-state index < -0.39 is 35.0 Å². The minimum atomic E-state index is -1.66. The summed E-state index contributed by atoms with van der Waals surface area (Å²) in [6, 6.07) is -0.933. The average Bonchev–Trinajstić information content (AvgIpc) is 2.21. The molecule has 3 nitrogen and oxygen atoms in total. The highest BCUT2D eigenvalue weighted by Crippen LogP contribution is 2.23. The number of rotatable bonds is 1. The van der Waals surface area contributed by atoms with E-state index in [-0.39, 0.29) is 6.07 Å². The zero-order valence-electron chi connectivity index (χ0n) is 7.50. The number of carbonyl (C=O) groups is 1. The molecular formula is C8H6F4N2O. The Balaban J connectivity index is 3.21. The van der Waals surface area contributed by atoms with Gasteiger partial charge in [-0.1, -0.05) is 0 Å². The fourth-order valence-electron chi connectivity index (χ4n) is 0.859. The maximum absolute atomic E-state index is 12.9. The van der Waals surface area contributed by atoms with Gasteiger partial charge in [-0.3, -0.25) is 0 Å². The van der Waals surface area contributed by atoms with Crippen LogP contribution in [0.3, 0.4) is 0 Å². The van der Waals surface area contributed by atoms with Crippen LogP contribution in [0.2, 0.25) is 0 Å². The predicted octanol–water partition coefficient (Wildman–Crippen LogP) is 1.99. The maximum Gasteiger partial charge on any atom is 0.319 e. The summed E-state index contributed by atoms with van der Waals surface area (Å²) in [4.78, 5) is 10.7. The fraction of sp³-hybridized carbons (Fsp3) is 0.125. The molecule has 0 saturated carbocycles. The normalized spacial score (nSPS) is 9.93. The first-order valence-electron chi connectivity index (χ1n) is 3.79. The van der Waals surface area contributed by atoms with Crippen molar-refractivity contribution in [2.24, 2.45) is 0 Å². The van der Waals surface area contributed by atoms with Crippen molar-refractivity contribution >= 4 is 11.7 Å². The molecular weight excluding hydrogens is 216 g/mol. The summed E-state index contributed by atoms with van der Waals surface area (Å²) in [7, 11) is 1.18. The zero-order valence-corrected chi connectivity index (χ0v) is 7.50. The molecule has 0 aliphatic heterocycles. The number of urea groups is 1. The van der Waals surface area contributed by atoms with E-state index in [1.165, 1.54) is 7.05 Å². The van der Waals surface area contributed by atoms with E-state index in [1.807, 2.05) is 5.32 Å². The highest BCUT2D eigenvalue weighted by molar-refractivity contribution is 5.89. The molecule has 7 heteroatoms. The molecule has 1 aromatic carbocycles. The monoisotopic (exact) mass is 222 g/mol. The summed E-state index contributed by atoms with van der Waals surface area (Å²) >= 11 is 0. The first kappa shape index (κ1) is 11.3. The van der Waals surface area contributed by atoms with Gasteiger partial charge in [0.05, 0.1) is 0 Å². The van der Waals surface area contributed by atoms with Crippen LogP contribution in [0.25, 0.3) is 0 Å². The van der Waals surface area contributed by atoms with Gasteiger partial charge in [-0.25, -0.2) is 22.4 Å². The predicted molar refractivity (Wildman–Crippen MR) is 44.4 cm³/mol. The van der Waals surface area contributed by atoms with E-state index >= 15 is 0 Å². The molecule has 0 unspecified atom stereocenters. The fourth-order valence-corrected chi connectivity index (χ4v) is 0.859. The third-order valence-corrected chi connectivity index (χ3v) is 1.58. The number of halogens is 4. The topological polar surface area (TPSA) is 41.1 Å². The first-order chi connectivity index (χ1) is 6.97. The molecule has 0 radical (unpaired) electrons. The smallest absolute Gasteiger partial charge is 0.319 e. The molecule has 15 heavy (non-hydrogen) atoms. The lowest BCUT2D eigenvalue weighted by atomic mass is 10.2. The molecule has 82 valence electrons. The van der Waals surface area contributed by atoms with Crippen molar-refractivity contribution in [3.63, 3.8) is 0 Å². The molecule has 0 aliphatic carbocycles. The summed E-state index contributed by atoms with van der Waals surface area (Å²) in [5, 5.41) is 3.61. The van der Waals surface area contributed by atoms with Crippen molar-refractivity contribution in [2.75, 3.05) is 12.4 Å². The standard InChI is InChI=1S/C8H6F4N2O/c1-13-8(15)14-7-5(11)3(9)2-4(10)6(7)12/h2H,1H3,(H2,13,14,15). The molecule has 2 amide bonds. The molecule has 2 N–H and O–H groups in total. The van der Waals surface area contributed by atoms with Crippen LogP contribution < -0.4 is 10.6 Å². The minimum Gasteiger partial charge on any atom is -0.341 e. The molecule has 1 aromatic rings. The molecule has 0 aromatic heterocycles. The lowest BCUT2D eigenvalue weighted by Gasteiger charge is -2.07. The average molecular weight is 222 g/mol. The lowest BCUT2D eigenvalue weighted by molar-refractivity contribution is 0.253. The Labute approximate surface area is 82.1 Å². The SMILES string of the molecule is CNC(=O)Nc1c(F)c(F)cc(F)c1F. The first-order valence-corrected chi connectivity index (χ1v) is 3.79. The van der Waals surface area contributed by atoms with Crippen molar-refractivity contribution < 1.29 is 22.4 Å². The number of anilines is 1. The highest BCUT2D eigenvalue weighted by atomic mass is 19.2. The van der Waals surface area contributed by atoms with Gasteiger partial charge in [-0.05, 0) is 0 Å². The molecule has 0 heterocycles. The van der Waals surface area contributed by atoms with Crippen LogP contribution in [0, 0.1) is 23.3 Å². The van der Waals surface area contributed by atoms with Crippen molar-refractivity contribution in [2.45, 2.75) is 0 Å². The van der Waals surface area contributed by atoms with Gasteiger partial charge in [0.2, 0.25) is 0 Å². The van der Waals surface area contributed by atoms with Gasteiger partial charge in [0.1, 0.15) is 5.69 Å². The Kier molecular flexibility index (Phi) is 3.13. The van der Waals surface area contributed by atoms with Crippen LogP contribution >= 0.6 is 0 Å². The van der Waals surface area contributed by atoms with Crippen LogP contribution in [0.4, 0.5) is 28.0 Å². The summed E-state index contributed by atoms with van der Waals surface area (Å²) < 4.78 is 51.1. The van der Waals surface area contributed by atoms with Gasteiger partial charge in [-0.2, -0.15) is 0 Å². The third-order valence-electron chi connectivity index (χ3n) is 1.58. The second-order valence-electron chi connectivity index (χ2n) is 2.55. The molecule has 0 spiro atoms. The summed E-state index contributed by atoms with van der Waals surface area (Å²) in [5.74, 6) is -6.48. The van der Waals surface area contributed by atoms with Gasteiger partial charge < -0.3 is 10.6 Å². The highest BCUT2D eigenvalue weighted by Gasteiger charge is 2.20. The quantitative estimate of drug-likeness (QED) is 0.553. The number of nitrogens with one attached hydrogen (secondary N) is 2.